The maximum atomic E-state index is 11.5. The molecule has 0 radical (unpaired) electrons. The zero-order valence-corrected chi connectivity index (χ0v) is 13.8. The highest BCUT2D eigenvalue weighted by atomic mass is 79.9. The molecule has 2 rings (SSSR count). The van der Waals surface area contributed by atoms with Crippen LogP contribution in [0.25, 0.3) is 0 Å². The van der Waals surface area contributed by atoms with Gasteiger partial charge in [-0.1, -0.05) is 35.8 Å². The number of hydrogen-bond donors (Lipinski definition) is 0. The van der Waals surface area contributed by atoms with Gasteiger partial charge in [0.2, 0.25) is 0 Å². The molecule has 1 fully saturated rings. The van der Waals surface area contributed by atoms with E-state index >= 15 is 0 Å². The summed E-state index contributed by atoms with van der Waals surface area (Å²) in [6, 6.07) is 6.73. The van der Waals surface area contributed by atoms with Crippen LogP contribution in [0.2, 0.25) is 0 Å². The zero-order valence-electron chi connectivity index (χ0n) is 11.4. The minimum atomic E-state index is -3.18. The second-order valence-electron chi connectivity index (χ2n) is 5.42. The Hall–Kier alpha value is -0.550. The van der Waals surface area contributed by atoms with Crippen molar-refractivity contribution in [3.63, 3.8) is 0 Å². The number of hydrogen-bond acceptors (Lipinski definition) is 3. The summed E-state index contributed by atoms with van der Waals surface area (Å²) in [5.41, 5.74) is 0.112. The van der Waals surface area contributed by atoms with Gasteiger partial charge in [-0.15, -0.1) is 0 Å². The van der Waals surface area contributed by atoms with Crippen molar-refractivity contribution in [2.45, 2.75) is 42.5 Å². The van der Waals surface area contributed by atoms with Crippen LogP contribution in [0.1, 0.15) is 26.7 Å². The number of sulfone groups is 1. The first-order valence-electron chi connectivity index (χ1n) is 6.38. The van der Waals surface area contributed by atoms with Crippen LogP contribution in [-0.4, -0.2) is 25.6 Å². The summed E-state index contributed by atoms with van der Waals surface area (Å²) in [5, 5.41) is 0. The lowest BCUT2D eigenvalue weighted by molar-refractivity contribution is -0.0244. The van der Waals surface area contributed by atoms with Gasteiger partial charge in [-0.05, 0) is 31.0 Å². The number of halogens is 1. The SMILES string of the molecule is CCC1(C)C(Br)CC1Oc1cccc(S(C)(=O)=O)c1. The van der Waals surface area contributed by atoms with E-state index in [0.29, 0.717) is 15.5 Å². The van der Waals surface area contributed by atoms with Crippen LogP contribution in [0.5, 0.6) is 5.75 Å². The molecule has 0 amide bonds. The van der Waals surface area contributed by atoms with Gasteiger partial charge in [-0.3, -0.25) is 0 Å². The van der Waals surface area contributed by atoms with E-state index in [1.807, 2.05) is 6.07 Å². The van der Waals surface area contributed by atoms with Crippen molar-refractivity contribution in [1.82, 2.24) is 0 Å². The lowest BCUT2D eigenvalue weighted by atomic mass is 9.65. The number of ether oxygens (including phenoxy) is 1. The van der Waals surface area contributed by atoms with Crippen molar-refractivity contribution >= 4 is 25.8 Å². The van der Waals surface area contributed by atoms with E-state index in [1.54, 1.807) is 18.2 Å². The lowest BCUT2D eigenvalue weighted by Crippen LogP contribution is -2.54. The quantitative estimate of drug-likeness (QED) is 0.784. The molecule has 1 aliphatic rings. The van der Waals surface area contributed by atoms with Gasteiger partial charge in [-0.2, -0.15) is 0 Å². The first-order chi connectivity index (χ1) is 8.77. The Morgan fingerprint density at radius 3 is 2.68 bits per heavy atom. The van der Waals surface area contributed by atoms with E-state index in [4.69, 9.17) is 4.74 Å². The van der Waals surface area contributed by atoms with E-state index in [2.05, 4.69) is 29.8 Å². The number of alkyl halides is 1. The third kappa shape index (κ3) is 2.82. The molecule has 3 atom stereocenters. The lowest BCUT2D eigenvalue weighted by Gasteiger charge is -2.50. The highest BCUT2D eigenvalue weighted by Crippen LogP contribution is 2.50. The molecule has 0 spiro atoms. The Labute approximate surface area is 123 Å². The number of rotatable bonds is 4. The van der Waals surface area contributed by atoms with Crippen LogP contribution in [0.4, 0.5) is 0 Å². The van der Waals surface area contributed by atoms with Crippen LogP contribution >= 0.6 is 15.9 Å². The topological polar surface area (TPSA) is 43.4 Å². The minimum Gasteiger partial charge on any atom is -0.490 e. The van der Waals surface area contributed by atoms with E-state index in [1.165, 1.54) is 6.26 Å². The first-order valence-corrected chi connectivity index (χ1v) is 9.19. The van der Waals surface area contributed by atoms with Crippen LogP contribution in [-0.2, 0) is 9.84 Å². The molecule has 1 aromatic carbocycles. The summed E-state index contributed by atoms with van der Waals surface area (Å²) in [7, 11) is -3.18. The van der Waals surface area contributed by atoms with Crippen molar-refractivity contribution in [3.8, 4) is 5.75 Å². The third-order valence-corrected chi connectivity index (χ3v) is 6.68. The predicted octanol–water partition coefficient (Wildman–Crippen LogP) is 3.42. The van der Waals surface area contributed by atoms with Crippen LogP contribution in [0.3, 0.4) is 0 Å². The van der Waals surface area contributed by atoms with Gasteiger partial charge < -0.3 is 4.74 Å². The molecule has 1 aliphatic carbocycles. The van der Waals surface area contributed by atoms with Crippen molar-refractivity contribution in [2.24, 2.45) is 5.41 Å². The molecule has 106 valence electrons. The monoisotopic (exact) mass is 346 g/mol. The van der Waals surface area contributed by atoms with E-state index in [0.717, 1.165) is 12.8 Å². The smallest absolute Gasteiger partial charge is 0.175 e. The summed E-state index contributed by atoms with van der Waals surface area (Å²) in [5.74, 6) is 0.631. The summed E-state index contributed by atoms with van der Waals surface area (Å²) in [4.78, 5) is 0.769. The summed E-state index contributed by atoms with van der Waals surface area (Å²) in [6.45, 7) is 4.34. The first kappa shape index (κ1) is 14.9. The minimum absolute atomic E-state index is 0.112. The fraction of sp³-hybridized carbons (Fsp3) is 0.571. The Balaban J connectivity index is 2.17. The van der Waals surface area contributed by atoms with Crippen LogP contribution < -0.4 is 4.74 Å². The molecule has 0 heterocycles. The molecule has 19 heavy (non-hydrogen) atoms. The van der Waals surface area contributed by atoms with Crippen LogP contribution in [0.15, 0.2) is 29.2 Å². The second-order valence-corrected chi connectivity index (χ2v) is 8.54. The highest BCUT2D eigenvalue weighted by molar-refractivity contribution is 9.09. The van der Waals surface area contributed by atoms with Crippen molar-refractivity contribution < 1.29 is 13.2 Å². The van der Waals surface area contributed by atoms with Gasteiger partial charge in [0.1, 0.15) is 11.9 Å². The molecule has 1 aromatic rings. The molecule has 0 aliphatic heterocycles. The third-order valence-electron chi connectivity index (χ3n) is 4.15. The standard InChI is InChI=1S/C14H19BrO3S/c1-4-14(2)12(15)9-13(14)18-10-6-5-7-11(8-10)19(3,16)17/h5-8,12-13H,4,9H2,1-3H3. The molecular weight excluding hydrogens is 328 g/mol. The average molecular weight is 347 g/mol. The molecule has 5 heteroatoms. The molecule has 0 N–H and O–H groups in total. The van der Waals surface area contributed by atoms with Gasteiger partial charge in [0.05, 0.1) is 4.90 Å². The molecular formula is C14H19BrO3S. The summed E-state index contributed by atoms with van der Waals surface area (Å²) < 4.78 is 29.0. The molecule has 0 aromatic heterocycles. The predicted molar refractivity (Wildman–Crippen MR) is 79.7 cm³/mol. The van der Waals surface area contributed by atoms with Crippen molar-refractivity contribution in [2.75, 3.05) is 6.26 Å². The summed E-state index contributed by atoms with van der Waals surface area (Å²) in [6.07, 6.45) is 3.32. The van der Waals surface area contributed by atoms with Gasteiger partial charge in [0.25, 0.3) is 0 Å². The summed E-state index contributed by atoms with van der Waals surface area (Å²) >= 11 is 3.67. The molecule has 0 bridgehead atoms. The molecule has 0 saturated heterocycles. The number of benzene rings is 1. The fourth-order valence-electron chi connectivity index (χ4n) is 2.34. The molecule has 3 nitrogen and oxygen atoms in total. The Kier molecular flexibility index (Phi) is 3.98. The Morgan fingerprint density at radius 1 is 1.47 bits per heavy atom. The van der Waals surface area contributed by atoms with Gasteiger partial charge in [-0.25, -0.2) is 8.42 Å². The van der Waals surface area contributed by atoms with E-state index < -0.39 is 9.84 Å². The maximum Gasteiger partial charge on any atom is 0.175 e. The van der Waals surface area contributed by atoms with Gasteiger partial charge in [0, 0.05) is 16.5 Å². The van der Waals surface area contributed by atoms with E-state index in [9.17, 15) is 8.42 Å². The second kappa shape index (κ2) is 5.09. The average Bonchev–Trinajstić information content (AvgIpc) is 2.36. The zero-order chi connectivity index (χ0) is 14.3. The van der Waals surface area contributed by atoms with Crippen molar-refractivity contribution in [3.05, 3.63) is 24.3 Å². The molecule has 1 saturated carbocycles. The maximum absolute atomic E-state index is 11.5. The van der Waals surface area contributed by atoms with Gasteiger partial charge in [0.15, 0.2) is 9.84 Å². The van der Waals surface area contributed by atoms with Crippen LogP contribution in [0, 0.1) is 5.41 Å². The normalized spacial score (nSPS) is 30.7. The van der Waals surface area contributed by atoms with E-state index in [-0.39, 0.29) is 11.5 Å². The Morgan fingerprint density at radius 2 is 2.16 bits per heavy atom. The molecule has 3 unspecified atom stereocenters. The Bertz CT molecular complexity index is 570. The van der Waals surface area contributed by atoms with Gasteiger partial charge >= 0.3 is 0 Å². The highest BCUT2D eigenvalue weighted by Gasteiger charge is 2.50. The van der Waals surface area contributed by atoms with Crippen molar-refractivity contribution in [1.29, 1.82) is 0 Å². The largest absolute Gasteiger partial charge is 0.490 e. The fourth-order valence-corrected chi connectivity index (χ4v) is 3.96.